The van der Waals surface area contributed by atoms with Crippen molar-refractivity contribution in [2.75, 3.05) is 24.5 Å². The van der Waals surface area contributed by atoms with Crippen molar-refractivity contribution in [2.24, 2.45) is 11.3 Å². The van der Waals surface area contributed by atoms with Crippen LogP contribution >= 0.6 is 0 Å². The van der Waals surface area contributed by atoms with E-state index in [4.69, 9.17) is 0 Å². The fourth-order valence-corrected chi connectivity index (χ4v) is 4.63. The molecule has 2 aromatic heterocycles. The Hall–Kier alpha value is -2.89. The first-order chi connectivity index (χ1) is 13.8. The van der Waals surface area contributed by atoms with Gasteiger partial charge in [-0.25, -0.2) is 9.97 Å². The van der Waals surface area contributed by atoms with E-state index in [1.807, 2.05) is 30.5 Å². The molecule has 0 bridgehead atoms. The molecule has 3 heterocycles. The average Bonchev–Trinajstić information content (AvgIpc) is 3.30. The maximum absolute atomic E-state index is 12.9. The number of nitrogens with zero attached hydrogens (tertiary/aromatic N) is 3. The minimum atomic E-state index is 0.114. The Labute approximate surface area is 164 Å². The number of H-pyrrole nitrogens is 1. The van der Waals surface area contributed by atoms with Crippen molar-refractivity contribution < 1.29 is 4.79 Å². The number of rotatable bonds is 5. The first-order valence-electron chi connectivity index (χ1n) is 10.1. The predicted molar refractivity (Wildman–Crippen MR) is 109 cm³/mol. The van der Waals surface area contributed by atoms with Gasteiger partial charge in [0.15, 0.2) is 0 Å². The molecule has 1 aromatic carbocycles. The molecule has 1 aliphatic heterocycles. The highest BCUT2D eigenvalue weighted by atomic mass is 16.1. The summed E-state index contributed by atoms with van der Waals surface area (Å²) in [7, 11) is 0. The average molecular weight is 375 g/mol. The molecule has 2 aliphatic rings. The summed E-state index contributed by atoms with van der Waals surface area (Å²) in [4.78, 5) is 27.2. The van der Waals surface area contributed by atoms with E-state index in [0.29, 0.717) is 6.54 Å². The quantitative estimate of drug-likeness (QED) is 0.719. The van der Waals surface area contributed by atoms with E-state index in [0.717, 1.165) is 55.6 Å². The van der Waals surface area contributed by atoms with Crippen LogP contribution in [0, 0.1) is 11.3 Å². The fraction of sp³-hybridized carbons (Fsp3) is 0.409. The van der Waals surface area contributed by atoms with Crippen LogP contribution in [0.4, 0.5) is 5.82 Å². The highest BCUT2D eigenvalue weighted by Gasteiger charge is 2.55. The number of nitrogens with one attached hydrogen (secondary N) is 2. The van der Waals surface area contributed by atoms with Crippen LogP contribution in [0.3, 0.4) is 0 Å². The van der Waals surface area contributed by atoms with Gasteiger partial charge in [0.25, 0.3) is 0 Å². The predicted octanol–water partition coefficient (Wildman–Crippen LogP) is 2.92. The maximum atomic E-state index is 12.9. The van der Waals surface area contributed by atoms with Gasteiger partial charge >= 0.3 is 0 Å². The molecule has 1 saturated heterocycles. The first-order valence-corrected chi connectivity index (χ1v) is 10.1. The number of carbonyl (C=O) groups is 1. The van der Waals surface area contributed by atoms with E-state index in [1.165, 1.54) is 5.56 Å². The number of piperidine rings is 1. The molecule has 1 unspecified atom stereocenters. The summed E-state index contributed by atoms with van der Waals surface area (Å²) in [5, 5.41) is 4.25. The Balaban J connectivity index is 1.24. The third-order valence-electron chi connectivity index (χ3n) is 6.33. The maximum Gasteiger partial charge on any atom is 0.223 e. The Morgan fingerprint density at radius 1 is 1.21 bits per heavy atom. The molecule has 144 valence electrons. The number of fused-ring (bicyclic) bond motifs is 1. The third kappa shape index (κ3) is 3.13. The van der Waals surface area contributed by atoms with Crippen LogP contribution in [0.1, 0.15) is 24.8 Å². The second-order valence-electron chi connectivity index (χ2n) is 8.09. The highest BCUT2D eigenvalue weighted by Crippen LogP contribution is 2.56. The highest BCUT2D eigenvalue weighted by molar-refractivity contribution is 5.87. The van der Waals surface area contributed by atoms with Crippen molar-refractivity contribution >= 4 is 22.8 Å². The van der Waals surface area contributed by atoms with Crippen molar-refractivity contribution in [1.29, 1.82) is 0 Å². The van der Waals surface area contributed by atoms with Crippen molar-refractivity contribution in [2.45, 2.75) is 25.7 Å². The Bertz CT molecular complexity index is 979. The molecule has 0 radical (unpaired) electrons. The number of hydrogen-bond acceptors (Lipinski definition) is 4. The molecule has 2 fully saturated rings. The van der Waals surface area contributed by atoms with Crippen LogP contribution in [-0.2, 0) is 11.2 Å². The lowest BCUT2D eigenvalue weighted by atomic mass is 9.81. The van der Waals surface area contributed by atoms with Gasteiger partial charge in [0.1, 0.15) is 17.8 Å². The van der Waals surface area contributed by atoms with Crippen molar-refractivity contribution in [3.63, 3.8) is 0 Å². The zero-order valence-electron chi connectivity index (χ0n) is 15.9. The Kier molecular flexibility index (Phi) is 4.26. The number of aromatic amines is 1. The molecular formula is C22H25N5O. The number of amides is 1. The number of carbonyl (C=O) groups excluding carboxylic acids is 1. The van der Waals surface area contributed by atoms with Crippen LogP contribution in [0.2, 0.25) is 0 Å². The molecular weight excluding hydrogens is 350 g/mol. The van der Waals surface area contributed by atoms with Crippen LogP contribution in [0.15, 0.2) is 48.9 Å². The summed E-state index contributed by atoms with van der Waals surface area (Å²) in [6.07, 6.45) is 7.54. The van der Waals surface area contributed by atoms with Crippen molar-refractivity contribution in [3.8, 4) is 0 Å². The molecule has 1 spiro atoms. The zero-order chi connectivity index (χ0) is 19.0. The van der Waals surface area contributed by atoms with Gasteiger partial charge in [0.2, 0.25) is 5.91 Å². The minimum Gasteiger partial charge on any atom is -0.356 e. The van der Waals surface area contributed by atoms with Gasteiger partial charge in [-0.15, -0.1) is 0 Å². The van der Waals surface area contributed by atoms with Gasteiger partial charge in [-0.05, 0) is 42.7 Å². The number of hydrogen-bond donors (Lipinski definition) is 2. The molecule has 2 N–H and O–H groups in total. The van der Waals surface area contributed by atoms with Crippen molar-refractivity contribution in [1.82, 2.24) is 20.3 Å². The van der Waals surface area contributed by atoms with E-state index in [1.54, 1.807) is 6.33 Å². The summed E-state index contributed by atoms with van der Waals surface area (Å²) >= 11 is 0. The molecule has 28 heavy (non-hydrogen) atoms. The smallest absolute Gasteiger partial charge is 0.223 e. The SMILES string of the molecule is O=C(NCCc1ccccc1)C1CCN(c2ncnc3[nH]ccc23)CC12CC2. The van der Waals surface area contributed by atoms with Gasteiger partial charge in [0.05, 0.1) is 5.39 Å². The second-order valence-corrected chi connectivity index (χ2v) is 8.09. The third-order valence-corrected chi connectivity index (χ3v) is 6.33. The molecule has 6 heteroatoms. The Morgan fingerprint density at radius 3 is 2.89 bits per heavy atom. The number of anilines is 1. The summed E-state index contributed by atoms with van der Waals surface area (Å²) < 4.78 is 0. The second kappa shape index (κ2) is 6.93. The van der Waals surface area contributed by atoms with E-state index in [9.17, 15) is 4.79 Å². The monoisotopic (exact) mass is 375 g/mol. The first kappa shape index (κ1) is 17.2. The molecule has 3 aromatic rings. The number of aromatic nitrogens is 3. The largest absolute Gasteiger partial charge is 0.356 e. The van der Waals surface area contributed by atoms with E-state index >= 15 is 0 Å². The zero-order valence-corrected chi connectivity index (χ0v) is 15.9. The molecule has 1 atom stereocenters. The minimum absolute atomic E-state index is 0.114. The summed E-state index contributed by atoms with van der Waals surface area (Å²) in [6, 6.07) is 12.4. The number of benzene rings is 1. The molecule has 1 aliphatic carbocycles. The van der Waals surface area contributed by atoms with E-state index < -0.39 is 0 Å². The van der Waals surface area contributed by atoms with Crippen LogP contribution in [0.25, 0.3) is 11.0 Å². The lowest BCUT2D eigenvalue weighted by Gasteiger charge is -2.39. The van der Waals surface area contributed by atoms with Gasteiger partial charge in [-0.2, -0.15) is 0 Å². The van der Waals surface area contributed by atoms with Crippen LogP contribution in [0.5, 0.6) is 0 Å². The summed E-state index contributed by atoms with van der Waals surface area (Å²) in [5.74, 6) is 1.33. The lowest BCUT2D eigenvalue weighted by Crippen LogP contribution is -2.48. The molecule has 1 saturated carbocycles. The summed E-state index contributed by atoms with van der Waals surface area (Å²) in [6.45, 7) is 2.46. The van der Waals surface area contributed by atoms with Crippen molar-refractivity contribution in [3.05, 3.63) is 54.5 Å². The van der Waals surface area contributed by atoms with Gasteiger partial charge < -0.3 is 15.2 Å². The molecule has 1 amide bonds. The van der Waals surface area contributed by atoms with Crippen LogP contribution in [-0.4, -0.2) is 40.5 Å². The van der Waals surface area contributed by atoms with E-state index in [2.05, 4.69) is 37.3 Å². The fourth-order valence-electron chi connectivity index (χ4n) is 4.63. The van der Waals surface area contributed by atoms with Gasteiger partial charge in [-0.3, -0.25) is 4.79 Å². The standard InChI is InChI=1S/C22H25N5O/c28-21(24-11-6-16-4-2-1-3-5-16)18-8-13-27(14-22(18)9-10-22)20-17-7-12-23-19(17)25-15-26-20/h1-5,7,12,15,18H,6,8-11,13-14H2,(H,24,28)(H,23,25,26). The normalized spacial score (nSPS) is 20.4. The Morgan fingerprint density at radius 2 is 2.07 bits per heavy atom. The molecule has 5 rings (SSSR count). The van der Waals surface area contributed by atoms with E-state index in [-0.39, 0.29) is 17.2 Å². The topological polar surface area (TPSA) is 73.9 Å². The van der Waals surface area contributed by atoms with Crippen LogP contribution < -0.4 is 10.2 Å². The summed E-state index contributed by atoms with van der Waals surface area (Å²) in [5.41, 5.74) is 2.25. The van der Waals surface area contributed by atoms with Gasteiger partial charge in [0, 0.05) is 31.7 Å². The molecule has 6 nitrogen and oxygen atoms in total. The lowest BCUT2D eigenvalue weighted by molar-refractivity contribution is -0.127. The van der Waals surface area contributed by atoms with Gasteiger partial charge in [-0.1, -0.05) is 30.3 Å².